The molecular formula is C8H8N2O2S2. The summed E-state index contributed by atoms with van der Waals surface area (Å²) < 4.78 is 0. The Labute approximate surface area is 90.1 Å². The number of hydrogen-bond donors (Lipinski definition) is 2. The van der Waals surface area contributed by atoms with Crippen LogP contribution in [-0.2, 0) is 6.42 Å². The van der Waals surface area contributed by atoms with E-state index in [9.17, 15) is 9.59 Å². The van der Waals surface area contributed by atoms with E-state index < -0.39 is 5.24 Å². The number of rotatable bonds is 1. The van der Waals surface area contributed by atoms with Crippen molar-refractivity contribution in [2.75, 3.05) is 5.32 Å². The van der Waals surface area contributed by atoms with Crippen LogP contribution < -0.4 is 5.32 Å². The molecule has 1 heterocycles. The highest BCUT2D eigenvalue weighted by Crippen LogP contribution is 2.29. The third-order valence-electron chi connectivity index (χ3n) is 1.98. The number of nitrogens with zero attached hydrogens (tertiary/aromatic N) is 1. The van der Waals surface area contributed by atoms with Crippen LogP contribution in [0.5, 0.6) is 0 Å². The van der Waals surface area contributed by atoms with E-state index in [0.29, 0.717) is 16.4 Å². The van der Waals surface area contributed by atoms with Gasteiger partial charge in [-0.2, -0.15) is 0 Å². The van der Waals surface area contributed by atoms with Crippen LogP contribution in [0.4, 0.5) is 9.93 Å². The first-order valence-corrected chi connectivity index (χ1v) is 5.46. The van der Waals surface area contributed by atoms with Crippen LogP contribution in [0.1, 0.15) is 28.2 Å². The lowest BCUT2D eigenvalue weighted by atomic mass is 10.0. The lowest BCUT2D eigenvalue weighted by Crippen LogP contribution is -2.07. The highest BCUT2D eigenvalue weighted by Gasteiger charge is 2.22. The summed E-state index contributed by atoms with van der Waals surface area (Å²) >= 11 is 4.81. The van der Waals surface area contributed by atoms with Crippen molar-refractivity contribution in [3.05, 3.63) is 10.6 Å². The molecule has 0 spiro atoms. The average molecular weight is 228 g/mol. The number of fused-ring (bicyclic) bond motifs is 1. The van der Waals surface area contributed by atoms with Crippen LogP contribution in [-0.4, -0.2) is 16.0 Å². The summed E-state index contributed by atoms with van der Waals surface area (Å²) in [5.74, 6) is 0.128. The number of ketones is 1. The molecule has 0 atom stereocenters. The average Bonchev–Trinajstić information content (AvgIpc) is 2.47. The van der Waals surface area contributed by atoms with Crippen molar-refractivity contribution < 1.29 is 9.59 Å². The number of carbonyl (C=O) groups excluding carboxylic acids is 2. The quantitative estimate of drug-likeness (QED) is 0.724. The van der Waals surface area contributed by atoms with E-state index in [1.165, 1.54) is 11.3 Å². The number of thiazole rings is 1. The molecule has 1 aromatic heterocycles. The van der Waals surface area contributed by atoms with Gasteiger partial charge in [-0.25, -0.2) is 4.98 Å². The van der Waals surface area contributed by atoms with Crippen molar-refractivity contribution >= 4 is 40.1 Å². The molecule has 4 nitrogen and oxygen atoms in total. The molecule has 14 heavy (non-hydrogen) atoms. The van der Waals surface area contributed by atoms with Crippen LogP contribution in [0.15, 0.2) is 0 Å². The molecular weight excluding hydrogens is 220 g/mol. The predicted octanol–water partition coefficient (Wildman–Crippen LogP) is 2.12. The Morgan fingerprint density at radius 3 is 2.93 bits per heavy atom. The monoisotopic (exact) mass is 228 g/mol. The standard InChI is InChI=1S/C8H8N2O2S2/c11-5-3-1-2-4-6(5)14-7(9-4)10-8(12)13/h1-3H2,(H2,9,10,12,13). The summed E-state index contributed by atoms with van der Waals surface area (Å²) in [6, 6.07) is 0. The number of anilines is 1. The third-order valence-corrected chi connectivity index (χ3v) is 3.15. The molecule has 0 fully saturated rings. The van der Waals surface area contributed by atoms with Crippen LogP contribution in [0.25, 0.3) is 0 Å². The Kier molecular flexibility index (Phi) is 2.56. The van der Waals surface area contributed by atoms with Gasteiger partial charge in [-0.1, -0.05) is 24.0 Å². The first-order valence-electron chi connectivity index (χ1n) is 4.19. The molecule has 0 bridgehead atoms. The molecule has 2 rings (SSSR count). The molecule has 1 aliphatic rings. The normalized spacial score (nSPS) is 15.1. The van der Waals surface area contributed by atoms with Gasteiger partial charge in [0.15, 0.2) is 10.9 Å². The summed E-state index contributed by atoms with van der Waals surface area (Å²) in [4.78, 5) is 26.9. The van der Waals surface area contributed by atoms with Crippen molar-refractivity contribution in [3.63, 3.8) is 0 Å². The second kappa shape index (κ2) is 3.70. The van der Waals surface area contributed by atoms with Gasteiger partial charge in [0.25, 0.3) is 5.24 Å². The molecule has 0 saturated carbocycles. The SMILES string of the molecule is O=C(S)Nc1nc2c(s1)C(=O)CCC2. The van der Waals surface area contributed by atoms with Gasteiger partial charge in [0.1, 0.15) is 0 Å². The van der Waals surface area contributed by atoms with E-state index in [0.717, 1.165) is 18.5 Å². The van der Waals surface area contributed by atoms with E-state index in [1.54, 1.807) is 0 Å². The van der Waals surface area contributed by atoms with Crippen molar-refractivity contribution in [1.82, 2.24) is 4.98 Å². The van der Waals surface area contributed by atoms with Crippen LogP contribution in [0.3, 0.4) is 0 Å². The second-order valence-corrected chi connectivity index (χ2v) is 4.41. The highest BCUT2D eigenvalue weighted by molar-refractivity contribution is 7.96. The van der Waals surface area contributed by atoms with Crippen molar-refractivity contribution in [2.24, 2.45) is 0 Å². The lowest BCUT2D eigenvalue weighted by Gasteiger charge is -2.05. The molecule has 0 aromatic carbocycles. The van der Waals surface area contributed by atoms with E-state index in [4.69, 9.17) is 0 Å². The molecule has 6 heteroatoms. The summed E-state index contributed by atoms with van der Waals surface area (Å²) in [7, 11) is 0. The van der Waals surface area contributed by atoms with Gasteiger partial charge in [-0.15, -0.1) is 0 Å². The van der Waals surface area contributed by atoms with E-state index in [-0.39, 0.29) is 5.78 Å². The van der Waals surface area contributed by atoms with Gasteiger partial charge < -0.3 is 0 Å². The Morgan fingerprint density at radius 1 is 1.50 bits per heavy atom. The molecule has 74 valence electrons. The van der Waals surface area contributed by atoms with E-state index in [1.807, 2.05) is 0 Å². The molecule has 0 aliphatic heterocycles. The number of aryl methyl sites for hydroxylation is 1. The fourth-order valence-corrected chi connectivity index (χ4v) is 2.57. The minimum Gasteiger partial charge on any atom is -0.293 e. The number of thiol groups is 1. The van der Waals surface area contributed by atoms with Gasteiger partial charge in [-0.05, 0) is 12.8 Å². The summed E-state index contributed by atoms with van der Waals surface area (Å²) in [6.07, 6.45) is 2.26. The van der Waals surface area contributed by atoms with Crippen molar-refractivity contribution in [1.29, 1.82) is 0 Å². The maximum absolute atomic E-state index is 11.4. The molecule has 0 saturated heterocycles. The third kappa shape index (κ3) is 1.80. The first-order chi connectivity index (χ1) is 6.66. The van der Waals surface area contributed by atoms with Gasteiger partial charge in [-0.3, -0.25) is 14.9 Å². The van der Waals surface area contributed by atoms with Gasteiger partial charge in [0, 0.05) is 6.42 Å². The smallest absolute Gasteiger partial charge is 0.282 e. The van der Waals surface area contributed by atoms with Gasteiger partial charge in [0.2, 0.25) is 0 Å². The fourth-order valence-electron chi connectivity index (χ4n) is 1.41. The van der Waals surface area contributed by atoms with Crippen LogP contribution >= 0.6 is 24.0 Å². The Morgan fingerprint density at radius 2 is 2.29 bits per heavy atom. The first kappa shape index (κ1) is 9.67. The number of hydrogen-bond acceptors (Lipinski definition) is 4. The Hall–Kier alpha value is -0.880. The zero-order valence-electron chi connectivity index (χ0n) is 7.24. The zero-order valence-corrected chi connectivity index (χ0v) is 8.95. The molecule has 0 radical (unpaired) electrons. The zero-order chi connectivity index (χ0) is 10.1. The fraction of sp³-hybridized carbons (Fsp3) is 0.375. The molecule has 1 aromatic rings. The maximum atomic E-state index is 11.4. The maximum Gasteiger partial charge on any atom is 0.282 e. The summed E-state index contributed by atoms with van der Waals surface area (Å²) in [5, 5.41) is 2.47. The number of amides is 1. The van der Waals surface area contributed by atoms with Crippen LogP contribution in [0.2, 0.25) is 0 Å². The molecule has 1 amide bonds. The van der Waals surface area contributed by atoms with E-state index >= 15 is 0 Å². The van der Waals surface area contributed by atoms with Crippen molar-refractivity contribution in [2.45, 2.75) is 19.3 Å². The lowest BCUT2D eigenvalue weighted by molar-refractivity contribution is 0.0976. The number of nitrogens with one attached hydrogen (secondary N) is 1. The van der Waals surface area contributed by atoms with Crippen LogP contribution in [0, 0.1) is 0 Å². The molecule has 0 unspecified atom stereocenters. The Balaban J connectivity index is 2.30. The minimum absolute atomic E-state index is 0.128. The second-order valence-electron chi connectivity index (χ2n) is 3.00. The molecule has 1 N–H and O–H groups in total. The number of aromatic nitrogens is 1. The highest BCUT2D eigenvalue weighted by atomic mass is 32.1. The van der Waals surface area contributed by atoms with Crippen molar-refractivity contribution in [3.8, 4) is 0 Å². The minimum atomic E-state index is -0.455. The topological polar surface area (TPSA) is 59.1 Å². The summed E-state index contributed by atoms with van der Waals surface area (Å²) in [5.41, 5.74) is 0.809. The molecule has 1 aliphatic carbocycles. The van der Waals surface area contributed by atoms with Gasteiger partial charge >= 0.3 is 0 Å². The largest absolute Gasteiger partial charge is 0.293 e. The predicted molar refractivity (Wildman–Crippen MR) is 57.4 cm³/mol. The summed E-state index contributed by atoms with van der Waals surface area (Å²) in [6.45, 7) is 0. The Bertz CT molecular complexity index is 400. The van der Waals surface area contributed by atoms with Gasteiger partial charge in [0.05, 0.1) is 10.6 Å². The number of carbonyl (C=O) groups is 2. The van der Waals surface area contributed by atoms with E-state index in [2.05, 4.69) is 22.9 Å². The number of Topliss-reactive ketones (excluding diaryl/α,β-unsaturated/α-hetero) is 1.